The molecule has 13 heteroatoms. The fourth-order valence-corrected chi connectivity index (χ4v) is 5.64. The van der Waals surface area contributed by atoms with Crippen LogP contribution in [0.4, 0.5) is 29.6 Å². The van der Waals surface area contributed by atoms with Crippen LogP contribution in [0, 0.1) is 0 Å². The Bertz CT molecular complexity index is 1490. The molecule has 1 aliphatic carbocycles. The van der Waals surface area contributed by atoms with Crippen molar-refractivity contribution in [2.45, 2.75) is 54.5 Å². The van der Waals surface area contributed by atoms with Gasteiger partial charge in [-0.1, -0.05) is 66.8 Å². The number of hydrogen-bond donors (Lipinski definition) is 4. The van der Waals surface area contributed by atoms with Crippen molar-refractivity contribution in [2.24, 2.45) is 0 Å². The predicted octanol–water partition coefficient (Wildman–Crippen LogP) is 7.02. The summed E-state index contributed by atoms with van der Waals surface area (Å²) in [5.74, 6) is 0.121. The second kappa shape index (κ2) is 13.1. The van der Waals surface area contributed by atoms with Crippen molar-refractivity contribution in [3.63, 3.8) is 0 Å². The SMILES string of the molecule is O=C(Nc1cccc(SC(F)(F)F)c1)NC(c1ccc(C(=O)Nc2nn[nH]n2)cc1)c1ccc(C2CCCCC2)cc1. The molecular formula is C29H28F3N7O2S. The highest BCUT2D eigenvalue weighted by Crippen LogP contribution is 2.38. The van der Waals surface area contributed by atoms with Gasteiger partial charge >= 0.3 is 11.5 Å². The van der Waals surface area contributed by atoms with Crippen molar-refractivity contribution in [2.75, 3.05) is 10.6 Å². The minimum absolute atomic E-state index is 0.0372. The Morgan fingerprint density at radius 2 is 1.60 bits per heavy atom. The van der Waals surface area contributed by atoms with Gasteiger partial charge in [0.05, 0.1) is 6.04 Å². The first-order valence-corrected chi connectivity index (χ1v) is 14.2. The molecule has 0 radical (unpaired) electrons. The van der Waals surface area contributed by atoms with Gasteiger partial charge in [0.25, 0.3) is 11.9 Å². The first kappa shape index (κ1) is 29.1. The lowest BCUT2D eigenvalue weighted by Crippen LogP contribution is -2.33. The van der Waals surface area contributed by atoms with Gasteiger partial charge in [-0.05, 0) is 82.8 Å². The van der Waals surface area contributed by atoms with E-state index in [-0.39, 0.29) is 28.3 Å². The number of carbonyl (C=O) groups excluding carboxylic acids is 2. The van der Waals surface area contributed by atoms with Crippen LogP contribution in [-0.4, -0.2) is 38.1 Å². The molecule has 1 heterocycles. The first-order valence-electron chi connectivity index (χ1n) is 13.4. The topological polar surface area (TPSA) is 125 Å². The number of tetrazole rings is 1. The number of nitrogens with one attached hydrogen (secondary N) is 4. The summed E-state index contributed by atoms with van der Waals surface area (Å²) in [4.78, 5) is 25.6. The van der Waals surface area contributed by atoms with Gasteiger partial charge in [-0.2, -0.15) is 18.4 Å². The fraction of sp³-hybridized carbons (Fsp3) is 0.276. The summed E-state index contributed by atoms with van der Waals surface area (Å²) in [6, 6.07) is 19.2. The van der Waals surface area contributed by atoms with Gasteiger partial charge in [0.1, 0.15) is 0 Å². The van der Waals surface area contributed by atoms with Gasteiger partial charge in [0.2, 0.25) is 0 Å². The summed E-state index contributed by atoms with van der Waals surface area (Å²) in [6.07, 6.45) is 6.00. The molecule has 1 aromatic heterocycles. The van der Waals surface area contributed by atoms with Crippen molar-refractivity contribution in [1.82, 2.24) is 25.9 Å². The van der Waals surface area contributed by atoms with E-state index in [0.717, 1.165) is 18.4 Å². The highest BCUT2D eigenvalue weighted by Gasteiger charge is 2.29. The Morgan fingerprint density at radius 1 is 0.905 bits per heavy atom. The van der Waals surface area contributed by atoms with Crippen LogP contribution in [0.3, 0.4) is 0 Å². The zero-order valence-electron chi connectivity index (χ0n) is 22.3. The standard InChI is InChI=1S/C29H28F3N7O2S/c30-29(31,32)42-24-8-4-7-23(17-24)33-28(41)34-25(20-11-9-19(10-12-20)18-5-2-1-3-6-18)21-13-15-22(16-14-21)26(40)35-27-36-38-39-37-27/h4,7-18,25H,1-3,5-6H2,(H2,33,34,41)(H2,35,36,37,38,39,40). The largest absolute Gasteiger partial charge is 0.446 e. The molecule has 0 saturated heterocycles. The zero-order chi connectivity index (χ0) is 29.5. The molecule has 0 aliphatic heterocycles. The number of nitrogens with zero attached hydrogens (tertiary/aromatic N) is 3. The molecule has 3 amide bonds. The number of H-pyrrole nitrogens is 1. The van der Waals surface area contributed by atoms with Crippen LogP contribution in [0.25, 0.3) is 0 Å². The van der Waals surface area contributed by atoms with Gasteiger partial charge in [-0.3, -0.25) is 10.1 Å². The van der Waals surface area contributed by atoms with Crippen LogP contribution in [0.5, 0.6) is 0 Å². The number of halogens is 3. The monoisotopic (exact) mass is 595 g/mol. The number of amides is 3. The van der Waals surface area contributed by atoms with Crippen molar-refractivity contribution in [3.05, 3.63) is 95.1 Å². The summed E-state index contributed by atoms with van der Waals surface area (Å²) in [7, 11) is 0. The van der Waals surface area contributed by atoms with Crippen LogP contribution >= 0.6 is 11.8 Å². The molecule has 5 rings (SSSR count). The summed E-state index contributed by atoms with van der Waals surface area (Å²) in [5, 5.41) is 21.2. The molecule has 1 unspecified atom stereocenters. The van der Waals surface area contributed by atoms with Crippen molar-refractivity contribution in [1.29, 1.82) is 0 Å². The summed E-state index contributed by atoms with van der Waals surface area (Å²) in [6.45, 7) is 0. The molecule has 4 aromatic rings. The van der Waals surface area contributed by atoms with E-state index in [4.69, 9.17) is 0 Å². The molecular weight excluding hydrogens is 567 g/mol. The number of anilines is 2. The molecule has 1 aliphatic rings. The molecule has 0 spiro atoms. The molecule has 218 valence electrons. The van der Waals surface area contributed by atoms with E-state index >= 15 is 0 Å². The number of thioether (sulfide) groups is 1. The number of aromatic nitrogens is 4. The lowest BCUT2D eigenvalue weighted by molar-refractivity contribution is -0.0328. The molecule has 1 fully saturated rings. The van der Waals surface area contributed by atoms with E-state index in [1.54, 1.807) is 24.3 Å². The number of aromatic amines is 1. The smallest absolute Gasteiger partial charge is 0.327 e. The lowest BCUT2D eigenvalue weighted by Gasteiger charge is -2.24. The molecule has 1 atom stereocenters. The molecule has 42 heavy (non-hydrogen) atoms. The number of alkyl halides is 3. The van der Waals surface area contributed by atoms with E-state index in [2.05, 4.69) is 48.7 Å². The molecule has 4 N–H and O–H groups in total. The normalized spacial score (nSPS) is 14.6. The quantitative estimate of drug-likeness (QED) is 0.162. The summed E-state index contributed by atoms with van der Waals surface area (Å²) in [5.41, 5.74) is -1.10. The molecule has 0 bridgehead atoms. The van der Waals surface area contributed by atoms with Gasteiger partial charge in [0.15, 0.2) is 0 Å². The van der Waals surface area contributed by atoms with Crippen LogP contribution < -0.4 is 16.0 Å². The Labute approximate surface area is 244 Å². The van der Waals surface area contributed by atoms with E-state index in [9.17, 15) is 22.8 Å². The van der Waals surface area contributed by atoms with Gasteiger partial charge in [-0.15, -0.1) is 5.10 Å². The maximum absolute atomic E-state index is 13.1. The van der Waals surface area contributed by atoms with E-state index in [0.29, 0.717) is 17.0 Å². The number of urea groups is 1. The maximum atomic E-state index is 13.1. The highest BCUT2D eigenvalue weighted by molar-refractivity contribution is 8.00. The average molecular weight is 596 g/mol. The van der Waals surface area contributed by atoms with Crippen molar-refractivity contribution < 1.29 is 22.8 Å². The van der Waals surface area contributed by atoms with E-state index in [1.807, 2.05) is 12.1 Å². The number of hydrogen-bond acceptors (Lipinski definition) is 6. The molecule has 3 aromatic carbocycles. The Morgan fingerprint density at radius 3 is 2.24 bits per heavy atom. The minimum Gasteiger partial charge on any atom is -0.327 e. The minimum atomic E-state index is -4.44. The summed E-state index contributed by atoms with van der Waals surface area (Å²) < 4.78 is 38.5. The third kappa shape index (κ3) is 7.87. The van der Waals surface area contributed by atoms with E-state index in [1.165, 1.54) is 49.1 Å². The zero-order valence-corrected chi connectivity index (χ0v) is 23.1. The second-order valence-corrected chi connectivity index (χ2v) is 11.1. The highest BCUT2D eigenvalue weighted by atomic mass is 32.2. The van der Waals surface area contributed by atoms with Gasteiger partial charge < -0.3 is 10.6 Å². The van der Waals surface area contributed by atoms with Crippen LogP contribution in [0.2, 0.25) is 0 Å². The average Bonchev–Trinajstić information content (AvgIpc) is 3.49. The predicted molar refractivity (Wildman–Crippen MR) is 153 cm³/mol. The van der Waals surface area contributed by atoms with Crippen molar-refractivity contribution >= 4 is 35.3 Å². The van der Waals surface area contributed by atoms with Gasteiger partial charge in [-0.25, -0.2) is 4.79 Å². The second-order valence-electron chi connectivity index (χ2n) is 9.92. The summed E-state index contributed by atoms with van der Waals surface area (Å²) >= 11 is -0.250. The van der Waals surface area contributed by atoms with Gasteiger partial charge in [0, 0.05) is 16.1 Å². The Balaban J connectivity index is 1.35. The van der Waals surface area contributed by atoms with Crippen LogP contribution in [0.15, 0.2) is 77.7 Å². The third-order valence-electron chi connectivity index (χ3n) is 7.02. The lowest BCUT2D eigenvalue weighted by atomic mass is 9.83. The number of benzene rings is 3. The molecule has 9 nitrogen and oxygen atoms in total. The first-order chi connectivity index (χ1) is 20.2. The fourth-order valence-electron chi connectivity index (χ4n) is 5.04. The van der Waals surface area contributed by atoms with Crippen LogP contribution in [-0.2, 0) is 0 Å². The number of rotatable bonds is 8. The van der Waals surface area contributed by atoms with Crippen LogP contribution in [0.1, 0.15) is 71.1 Å². The van der Waals surface area contributed by atoms with Crippen molar-refractivity contribution in [3.8, 4) is 0 Å². The Kier molecular flexibility index (Phi) is 9.06. The Hall–Kier alpha value is -4.39. The molecule has 1 saturated carbocycles. The third-order valence-corrected chi connectivity index (χ3v) is 7.75. The maximum Gasteiger partial charge on any atom is 0.446 e. The number of carbonyl (C=O) groups is 2. The van der Waals surface area contributed by atoms with E-state index < -0.39 is 23.5 Å².